The molecule has 9 heteroatoms. The molecule has 3 heterocycles. The molecule has 3 aromatic heterocycles. The lowest BCUT2D eigenvalue weighted by Crippen LogP contribution is -2.50. The topological polar surface area (TPSA) is 112 Å². The van der Waals surface area contributed by atoms with Gasteiger partial charge in [-0.3, -0.25) is 14.4 Å². The molecular weight excluding hydrogens is 362 g/mol. The predicted molar refractivity (Wildman–Crippen MR) is 102 cm³/mol. The van der Waals surface area contributed by atoms with Crippen molar-refractivity contribution in [2.75, 3.05) is 6.54 Å². The third kappa shape index (κ3) is 4.08. The van der Waals surface area contributed by atoms with Crippen molar-refractivity contribution in [3.8, 4) is 11.5 Å². The first kappa shape index (κ1) is 19.3. The van der Waals surface area contributed by atoms with E-state index in [4.69, 9.17) is 4.42 Å². The second-order valence-corrected chi connectivity index (χ2v) is 6.70. The van der Waals surface area contributed by atoms with Crippen LogP contribution in [0.3, 0.4) is 0 Å². The van der Waals surface area contributed by atoms with E-state index in [2.05, 4.69) is 15.5 Å². The number of furan rings is 1. The molecule has 0 aliphatic carbocycles. The van der Waals surface area contributed by atoms with Gasteiger partial charge in [0.2, 0.25) is 5.91 Å². The zero-order valence-electron chi connectivity index (χ0n) is 15.7. The average molecular weight is 383 g/mol. The number of amides is 1. The van der Waals surface area contributed by atoms with Crippen molar-refractivity contribution >= 4 is 5.91 Å². The van der Waals surface area contributed by atoms with Crippen molar-refractivity contribution in [2.45, 2.75) is 32.4 Å². The highest BCUT2D eigenvalue weighted by Crippen LogP contribution is 2.18. The van der Waals surface area contributed by atoms with Gasteiger partial charge < -0.3 is 9.73 Å². The van der Waals surface area contributed by atoms with Crippen molar-refractivity contribution in [1.82, 2.24) is 24.9 Å². The Balaban J connectivity index is 1.67. The number of aryl methyl sites for hydroxylation is 1. The summed E-state index contributed by atoms with van der Waals surface area (Å²) in [6.07, 6.45) is 3.57. The molecule has 0 unspecified atom stereocenters. The SMILES string of the molecule is CC(C)(C(=O)NCCCn1ncccc1=O)n1nc(-c2ccco2)ccc1=O. The smallest absolute Gasteiger partial charge is 0.267 e. The maximum Gasteiger partial charge on any atom is 0.267 e. The number of aromatic nitrogens is 4. The van der Waals surface area contributed by atoms with Crippen LogP contribution in [0.5, 0.6) is 0 Å². The van der Waals surface area contributed by atoms with E-state index in [0.717, 1.165) is 4.68 Å². The Bertz CT molecular complexity index is 1070. The largest absolute Gasteiger partial charge is 0.463 e. The monoisotopic (exact) mass is 383 g/mol. The molecule has 3 rings (SSSR count). The van der Waals surface area contributed by atoms with Crippen LogP contribution in [-0.4, -0.2) is 32.0 Å². The summed E-state index contributed by atoms with van der Waals surface area (Å²) in [6, 6.07) is 9.36. The quantitative estimate of drug-likeness (QED) is 0.609. The minimum atomic E-state index is -1.21. The van der Waals surface area contributed by atoms with Gasteiger partial charge in [-0.1, -0.05) is 0 Å². The first-order valence-electron chi connectivity index (χ1n) is 8.85. The molecule has 0 fully saturated rings. The Morgan fingerprint density at radius 2 is 1.96 bits per heavy atom. The number of carbonyl (C=O) groups excluding carboxylic acids is 1. The van der Waals surface area contributed by atoms with E-state index >= 15 is 0 Å². The van der Waals surface area contributed by atoms with Crippen LogP contribution in [0.2, 0.25) is 0 Å². The number of carbonyl (C=O) groups is 1. The van der Waals surface area contributed by atoms with Crippen molar-refractivity contribution in [3.05, 3.63) is 69.6 Å². The molecule has 0 bridgehead atoms. The van der Waals surface area contributed by atoms with Crippen LogP contribution < -0.4 is 16.4 Å². The second kappa shape index (κ2) is 8.03. The molecule has 3 aromatic rings. The Kier molecular flexibility index (Phi) is 5.53. The van der Waals surface area contributed by atoms with Crippen LogP contribution in [0.1, 0.15) is 20.3 Å². The highest BCUT2D eigenvalue weighted by molar-refractivity contribution is 5.83. The van der Waals surface area contributed by atoms with Crippen LogP contribution >= 0.6 is 0 Å². The van der Waals surface area contributed by atoms with E-state index in [1.807, 2.05) is 0 Å². The van der Waals surface area contributed by atoms with Gasteiger partial charge in [0, 0.05) is 31.4 Å². The van der Waals surface area contributed by atoms with Crippen LogP contribution in [0.4, 0.5) is 0 Å². The highest BCUT2D eigenvalue weighted by atomic mass is 16.3. The van der Waals surface area contributed by atoms with Crippen molar-refractivity contribution in [2.24, 2.45) is 0 Å². The van der Waals surface area contributed by atoms with E-state index in [0.29, 0.717) is 31.0 Å². The van der Waals surface area contributed by atoms with Gasteiger partial charge in [0.1, 0.15) is 11.2 Å². The Hall–Kier alpha value is -3.49. The summed E-state index contributed by atoms with van der Waals surface area (Å²) in [6.45, 7) is 3.95. The lowest BCUT2D eigenvalue weighted by atomic mass is 10.0. The summed E-state index contributed by atoms with van der Waals surface area (Å²) in [4.78, 5) is 36.6. The Morgan fingerprint density at radius 3 is 2.68 bits per heavy atom. The average Bonchev–Trinajstić information content (AvgIpc) is 3.21. The van der Waals surface area contributed by atoms with E-state index in [1.165, 1.54) is 29.3 Å². The fourth-order valence-electron chi connectivity index (χ4n) is 2.67. The first-order valence-corrected chi connectivity index (χ1v) is 8.85. The van der Waals surface area contributed by atoms with Gasteiger partial charge >= 0.3 is 0 Å². The van der Waals surface area contributed by atoms with Crippen LogP contribution in [-0.2, 0) is 16.9 Å². The van der Waals surface area contributed by atoms with Crippen LogP contribution in [0, 0.1) is 0 Å². The van der Waals surface area contributed by atoms with Gasteiger partial charge in [0.25, 0.3) is 11.1 Å². The molecule has 0 saturated carbocycles. The van der Waals surface area contributed by atoms with Gasteiger partial charge in [-0.15, -0.1) is 0 Å². The van der Waals surface area contributed by atoms with E-state index in [1.54, 1.807) is 38.1 Å². The summed E-state index contributed by atoms with van der Waals surface area (Å²) in [5, 5.41) is 11.0. The van der Waals surface area contributed by atoms with Gasteiger partial charge in [-0.25, -0.2) is 9.36 Å². The molecule has 0 saturated heterocycles. The molecule has 0 aromatic carbocycles. The summed E-state index contributed by atoms with van der Waals surface area (Å²) in [5.74, 6) is 0.151. The maximum absolute atomic E-state index is 12.7. The number of nitrogens with one attached hydrogen (secondary N) is 1. The molecule has 146 valence electrons. The number of rotatable bonds is 7. The first-order chi connectivity index (χ1) is 13.4. The Labute approximate surface area is 160 Å². The van der Waals surface area contributed by atoms with Gasteiger partial charge in [-0.2, -0.15) is 10.2 Å². The molecule has 0 radical (unpaired) electrons. The molecule has 0 spiro atoms. The van der Waals surface area contributed by atoms with Crippen molar-refractivity contribution < 1.29 is 9.21 Å². The lowest BCUT2D eigenvalue weighted by Gasteiger charge is -2.25. The number of hydrogen-bond acceptors (Lipinski definition) is 6. The van der Waals surface area contributed by atoms with Gasteiger partial charge in [-0.05, 0) is 44.5 Å². The minimum absolute atomic E-state index is 0.195. The molecule has 28 heavy (non-hydrogen) atoms. The van der Waals surface area contributed by atoms with Crippen molar-refractivity contribution in [1.29, 1.82) is 0 Å². The van der Waals surface area contributed by atoms with Gasteiger partial charge in [0.05, 0.1) is 6.26 Å². The zero-order valence-corrected chi connectivity index (χ0v) is 15.7. The third-order valence-corrected chi connectivity index (χ3v) is 4.28. The summed E-state index contributed by atoms with van der Waals surface area (Å²) in [7, 11) is 0. The second-order valence-electron chi connectivity index (χ2n) is 6.70. The van der Waals surface area contributed by atoms with Crippen molar-refractivity contribution in [3.63, 3.8) is 0 Å². The predicted octanol–water partition coefficient (Wildman–Crippen LogP) is 1.00. The maximum atomic E-state index is 12.7. The van der Waals surface area contributed by atoms with Gasteiger partial charge in [0.15, 0.2) is 5.76 Å². The zero-order chi connectivity index (χ0) is 20.1. The summed E-state index contributed by atoms with van der Waals surface area (Å²) >= 11 is 0. The third-order valence-electron chi connectivity index (χ3n) is 4.28. The summed E-state index contributed by atoms with van der Waals surface area (Å²) in [5.41, 5.74) is -1.34. The molecule has 0 atom stereocenters. The minimum Gasteiger partial charge on any atom is -0.463 e. The normalized spacial score (nSPS) is 11.4. The molecule has 1 amide bonds. The van der Waals surface area contributed by atoms with Crippen LogP contribution in [0.15, 0.2) is 62.9 Å². The Morgan fingerprint density at radius 1 is 1.14 bits per heavy atom. The van der Waals surface area contributed by atoms with E-state index in [9.17, 15) is 14.4 Å². The van der Waals surface area contributed by atoms with Crippen LogP contribution in [0.25, 0.3) is 11.5 Å². The fourth-order valence-corrected chi connectivity index (χ4v) is 2.67. The molecule has 1 N–H and O–H groups in total. The molecular formula is C19H21N5O4. The molecule has 0 aliphatic heterocycles. The molecule has 9 nitrogen and oxygen atoms in total. The summed E-state index contributed by atoms with van der Waals surface area (Å²) < 4.78 is 7.78. The standard InChI is InChI=1S/C19H21N5O4/c1-19(2,18(27)20-10-5-12-23-16(25)7-3-11-21-23)24-17(26)9-8-14(22-24)15-6-4-13-28-15/h3-4,6-9,11,13H,5,10,12H2,1-2H3,(H,20,27). The van der Waals surface area contributed by atoms with E-state index in [-0.39, 0.29) is 11.5 Å². The number of hydrogen-bond donors (Lipinski definition) is 1. The highest BCUT2D eigenvalue weighted by Gasteiger charge is 2.32. The molecule has 0 aliphatic rings. The fraction of sp³-hybridized carbons (Fsp3) is 0.316. The number of nitrogens with zero attached hydrogens (tertiary/aromatic N) is 4. The van der Waals surface area contributed by atoms with E-state index < -0.39 is 11.1 Å². The lowest BCUT2D eigenvalue weighted by molar-refractivity contribution is -0.129.